The highest BCUT2D eigenvalue weighted by Crippen LogP contribution is 2.32. The quantitative estimate of drug-likeness (QED) is 0.754. The molecule has 0 aliphatic heterocycles. The smallest absolute Gasteiger partial charge is 0.197 e. The largest absolute Gasteiger partial charge is 0.441 e. The van der Waals surface area contributed by atoms with Crippen molar-refractivity contribution in [2.75, 3.05) is 7.05 Å². The van der Waals surface area contributed by atoms with Crippen molar-refractivity contribution >= 4 is 38.4 Å². The van der Waals surface area contributed by atoms with E-state index in [-0.39, 0.29) is 6.04 Å². The average molecular weight is 351 g/mol. The number of likely N-dealkylation sites (N-methyl/N-ethyl adjacent to an activating group) is 1. The van der Waals surface area contributed by atoms with Crippen LogP contribution in [0.5, 0.6) is 0 Å². The fraction of sp³-hybridized carbons (Fsp3) is 0.267. The molecule has 0 fully saturated rings. The van der Waals surface area contributed by atoms with Crippen LogP contribution in [0, 0.1) is 6.92 Å². The molecule has 0 bridgehead atoms. The number of hydrogen-bond acceptors (Lipinski definition) is 4. The number of hydrogen-bond donors (Lipinski definition) is 1. The second kappa shape index (κ2) is 5.68. The first-order chi connectivity index (χ1) is 9.67. The summed E-state index contributed by atoms with van der Waals surface area (Å²) < 4.78 is 6.99. The van der Waals surface area contributed by atoms with Crippen molar-refractivity contribution in [1.82, 2.24) is 10.3 Å². The molecule has 3 nitrogen and oxygen atoms in total. The molecular weight excluding hydrogens is 336 g/mol. The third-order valence-corrected chi connectivity index (χ3v) is 5.54. The van der Waals surface area contributed by atoms with E-state index in [2.05, 4.69) is 39.2 Å². The van der Waals surface area contributed by atoms with Gasteiger partial charge >= 0.3 is 0 Å². The maximum absolute atomic E-state index is 5.80. The Balaban J connectivity index is 1.87. The molecule has 0 aliphatic rings. The first-order valence-electron chi connectivity index (χ1n) is 6.45. The van der Waals surface area contributed by atoms with E-state index in [1.807, 2.05) is 31.3 Å². The minimum atomic E-state index is 0.220. The van der Waals surface area contributed by atoms with Crippen LogP contribution in [-0.4, -0.2) is 12.0 Å². The van der Waals surface area contributed by atoms with Crippen LogP contribution in [0.15, 0.2) is 38.5 Å². The van der Waals surface area contributed by atoms with Gasteiger partial charge in [0.1, 0.15) is 5.52 Å². The maximum Gasteiger partial charge on any atom is 0.197 e. The number of para-hydroxylation sites is 2. The van der Waals surface area contributed by atoms with Gasteiger partial charge in [-0.3, -0.25) is 0 Å². The van der Waals surface area contributed by atoms with Crippen molar-refractivity contribution < 1.29 is 4.42 Å². The number of fused-ring (bicyclic) bond motifs is 1. The second-order valence-electron chi connectivity index (χ2n) is 4.73. The number of thiophene rings is 1. The summed E-state index contributed by atoms with van der Waals surface area (Å²) in [7, 11) is 1.97. The molecule has 0 spiro atoms. The molecule has 1 atom stereocenters. The Morgan fingerprint density at radius 3 is 2.85 bits per heavy atom. The molecule has 0 radical (unpaired) electrons. The SMILES string of the molecule is CNC(Cc1nc2ccccc2o1)c1cc(C)c(Br)s1. The summed E-state index contributed by atoms with van der Waals surface area (Å²) in [6.45, 7) is 2.11. The lowest BCUT2D eigenvalue weighted by molar-refractivity contribution is 0.477. The first-order valence-corrected chi connectivity index (χ1v) is 8.06. The lowest BCUT2D eigenvalue weighted by Crippen LogP contribution is -2.17. The summed E-state index contributed by atoms with van der Waals surface area (Å²) in [5.74, 6) is 0.771. The van der Waals surface area contributed by atoms with E-state index in [0.717, 1.165) is 23.4 Å². The lowest BCUT2D eigenvalue weighted by atomic mass is 10.1. The van der Waals surface area contributed by atoms with E-state index in [1.54, 1.807) is 11.3 Å². The highest BCUT2D eigenvalue weighted by molar-refractivity contribution is 9.11. The van der Waals surface area contributed by atoms with Crippen LogP contribution < -0.4 is 5.32 Å². The monoisotopic (exact) mass is 350 g/mol. The lowest BCUT2D eigenvalue weighted by Gasteiger charge is -2.11. The Labute approximate surface area is 130 Å². The standard InChI is InChI=1S/C15H15BrN2OS/c1-9-7-13(20-15(9)16)11(17-2)8-14-18-10-5-3-4-6-12(10)19-14/h3-7,11,17H,8H2,1-2H3. The summed E-state index contributed by atoms with van der Waals surface area (Å²) in [5.41, 5.74) is 3.03. The molecule has 1 aromatic carbocycles. The van der Waals surface area contributed by atoms with Crippen LogP contribution in [0.2, 0.25) is 0 Å². The van der Waals surface area contributed by atoms with E-state index in [0.29, 0.717) is 0 Å². The molecule has 1 N–H and O–H groups in total. The molecule has 104 valence electrons. The van der Waals surface area contributed by atoms with E-state index in [9.17, 15) is 0 Å². The van der Waals surface area contributed by atoms with Crippen molar-refractivity contribution in [3.8, 4) is 0 Å². The van der Waals surface area contributed by atoms with Crippen LogP contribution in [0.3, 0.4) is 0 Å². The van der Waals surface area contributed by atoms with E-state index in [4.69, 9.17) is 4.42 Å². The third-order valence-electron chi connectivity index (χ3n) is 3.29. The molecule has 1 unspecified atom stereocenters. The van der Waals surface area contributed by atoms with E-state index < -0.39 is 0 Å². The van der Waals surface area contributed by atoms with Gasteiger partial charge in [0, 0.05) is 11.3 Å². The van der Waals surface area contributed by atoms with Gasteiger partial charge in [0.2, 0.25) is 0 Å². The fourth-order valence-electron chi connectivity index (χ4n) is 2.18. The van der Waals surface area contributed by atoms with Crippen LogP contribution in [0.1, 0.15) is 22.4 Å². The minimum absolute atomic E-state index is 0.220. The molecule has 0 amide bonds. The predicted molar refractivity (Wildman–Crippen MR) is 86.3 cm³/mol. The van der Waals surface area contributed by atoms with Crippen molar-refractivity contribution in [1.29, 1.82) is 0 Å². The molecule has 3 rings (SSSR count). The average Bonchev–Trinajstić information content (AvgIpc) is 2.99. The molecule has 0 saturated heterocycles. The van der Waals surface area contributed by atoms with Gasteiger partial charge in [-0.05, 0) is 53.7 Å². The molecule has 3 aromatic rings. The Kier molecular flexibility index (Phi) is 3.92. The number of aromatic nitrogens is 1. The van der Waals surface area contributed by atoms with Gasteiger partial charge in [0.25, 0.3) is 0 Å². The minimum Gasteiger partial charge on any atom is -0.441 e. The Morgan fingerprint density at radius 1 is 1.40 bits per heavy atom. The van der Waals surface area contributed by atoms with Crippen molar-refractivity contribution in [3.63, 3.8) is 0 Å². The summed E-state index contributed by atoms with van der Waals surface area (Å²) in [6.07, 6.45) is 0.748. The van der Waals surface area contributed by atoms with Gasteiger partial charge in [-0.25, -0.2) is 4.98 Å². The van der Waals surface area contributed by atoms with Crippen molar-refractivity contribution in [2.45, 2.75) is 19.4 Å². The fourth-order valence-corrected chi connectivity index (χ4v) is 3.86. The number of halogens is 1. The molecule has 0 aliphatic carbocycles. The summed E-state index contributed by atoms with van der Waals surface area (Å²) in [6, 6.07) is 10.3. The highest BCUT2D eigenvalue weighted by atomic mass is 79.9. The summed E-state index contributed by atoms with van der Waals surface area (Å²) in [4.78, 5) is 5.83. The molecule has 20 heavy (non-hydrogen) atoms. The Morgan fingerprint density at radius 2 is 2.20 bits per heavy atom. The van der Waals surface area contributed by atoms with Crippen LogP contribution >= 0.6 is 27.3 Å². The normalized spacial score (nSPS) is 12.9. The zero-order chi connectivity index (χ0) is 14.1. The number of rotatable bonds is 4. The number of nitrogens with zero attached hydrogens (tertiary/aromatic N) is 1. The van der Waals surface area contributed by atoms with Gasteiger partial charge in [0.15, 0.2) is 11.5 Å². The van der Waals surface area contributed by atoms with Gasteiger partial charge < -0.3 is 9.73 Å². The van der Waals surface area contributed by atoms with Crippen LogP contribution in [-0.2, 0) is 6.42 Å². The molecule has 5 heteroatoms. The molecule has 0 saturated carbocycles. The van der Waals surface area contributed by atoms with E-state index in [1.165, 1.54) is 14.2 Å². The molecular formula is C15H15BrN2OS. The third kappa shape index (κ3) is 2.66. The second-order valence-corrected chi connectivity index (χ2v) is 7.13. The van der Waals surface area contributed by atoms with Crippen LogP contribution in [0.4, 0.5) is 0 Å². The van der Waals surface area contributed by atoms with Gasteiger partial charge in [0.05, 0.1) is 9.83 Å². The zero-order valence-corrected chi connectivity index (χ0v) is 13.7. The highest BCUT2D eigenvalue weighted by Gasteiger charge is 2.17. The van der Waals surface area contributed by atoms with Crippen molar-refractivity contribution in [2.24, 2.45) is 0 Å². The molecule has 2 aromatic heterocycles. The van der Waals surface area contributed by atoms with Gasteiger partial charge in [-0.2, -0.15) is 0 Å². The molecule has 2 heterocycles. The topological polar surface area (TPSA) is 38.1 Å². The maximum atomic E-state index is 5.80. The Hall–Kier alpha value is -1.17. The number of aryl methyl sites for hydroxylation is 1. The Bertz CT molecular complexity index is 682. The van der Waals surface area contributed by atoms with Gasteiger partial charge in [-0.1, -0.05) is 12.1 Å². The predicted octanol–water partition coefficient (Wildman–Crippen LogP) is 4.46. The van der Waals surface area contributed by atoms with Gasteiger partial charge in [-0.15, -0.1) is 11.3 Å². The number of oxazole rings is 1. The number of nitrogens with one attached hydrogen (secondary N) is 1. The number of benzene rings is 1. The van der Waals surface area contributed by atoms with E-state index >= 15 is 0 Å². The summed E-state index contributed by atoms with van der Waals surface area (Å²) >= 11 is 5.34. The summed E-state index contributed by atoms with van der Waals surface area (Å²) in [5, 5.41) is 3.34. The zero-order valence-electron chi connectivity index (χ0n) is 11.3. The van der Waals surface area contributed by atoms with Crippen molar-refractivity contribution in [3.05, 3.63) is 50.4 Å². The first kappa shape index (κ1) is 13.8. The van der Waals surface area contributed by atoms with Crippen LogP contribution in [0.25, 0.3) is 11.1 Å².